The van der Waals surface area contributed by atoms with E-state index in [1.54, 1.807) is 0 Å². The molecule has 0 aromatic heterocycles. The first-order valence-corrected chi connectivity index (χ1v) is 6.19. The van der Waals surface area contributed by atoms with Crippen molar-refractivity contribution in [2.24, 2.45) is 5.41 Å². The van der Waals surface area contributed by atoms with E-state index in [4.69, 9.17) is 9.47 Å². The molecule has 0 aliphatic carbocycles. The second-order valence-electron chi connectivity index (χ2n) is 5.25. The van der Waals surface area contributed by atoms with Gasteiger partial charge in [-0.3, -0.25) is 4.79 Å². The van der Waals surface area contributed by atoms with Gasteiger partial charge in [0.2, 0.25) is 0 Å². The number of rotatable bonds is 8. The third kappa shape index (κ3) is 11.5. The summed E-state index contributed by atoms with van der Waals surface area (Å²) in [6.45, 7) is 10.3. The lowest BCUT2D eigenvalue weighted by molar-refractivity contribution is -0.145. The van der Waals surface area contributed by atoms with Gasteiger partial charge in [0.05, 0.1) is 19.6 Å². The lowest BCUT2D eigenvalue weighted by atomic mass is 9.91. The predicted octanol–water partition coefficient (Wildman–Crippen LogP) is 3.17. The number of esters is 1. The maximum atomic E-state index is 11.2. The number of hydrogen-bond donors (Lipinski definition) is 0. The van der Waals surface area contributed by atoms with E-state index >= 15 is 0 Å². The zero-order chi connectivity index (χ0) is 12.4. The van der Waals surface area contributed by atoms with Crippen LogP contribution in [0.3, 0.4) is 0 Å². The molecule has 0 spiro atoms. The molecule has 0 fully saturated rings. The molecule has 0 aromatic carbocycles. The second-order valence-corrected chi connectivity index (χ2v) is 5.25. The molecule has 0 aliphatic rings. The van der Waals surface area contributed by atoms with Crippen LogP contribution in [0.15, 0.2) is 0 Å². The maximum absolute atomic E-state index is 11.2. The van der Waals surface area contributed by atoms with Gasteiger partial charge in [0, 0.05) is 6.61 Å². The van der Waals surface area contributed by atoms with Crippen LogP contribution < -0.4 is 0 Å². The lowest BCUT2D eigenvalue weighted by Crippen LogP contribution is -2.12. The minimum atomic E-state index is -0.148. The van der Waals surface area contributed by atoms with Gasteiger partial charge in [0.15, 0.2) is 0 Å². The van der Waals surface area contributed by atoms with E-state index in [9.17, 15) is 4.79 Å². The molecule has 0 unspecified atom stereocenters. The maximum Gasteiger partial charge on any atom is 0.308 e. The number of carbonyl (C=O) groups excluding carboxylic acids is 1. The quantitative estimate of drug-likeness (QED) is 0.474. The van der Waals surface area contributed by atoms with Crippen LogP contribution in [0, 0.1) is 5.41 Å². The van der Waals surface area contributed by atoms with Crippen molar-refractivity contribution in [2.75, 3.05) is 19.8 Å². The molecule has 3 heteroatoms. The van der Waals surface area contributed by atoms with Crippen LogP contribution in [-0.4, -0.2) is 25.8 Å². The van der Waals surface area contributed by atoms with E-state index in [-0.39, 0.29) is 5.97 Å². The molecule has 0 bridgehead atoms. The molecule has 96 valence electrons. The van der Waals surface area contributed by atoms with Crippen molar-refractivity contribution in [3.63, 3.8) is 0 Å². The summed E-state index contributed by atoms with van der Waals surface area (Å²) in [5.41, 5.74) is 0.316. The fourth-order valence-electron chi connectivity index (χ4n) is 1.26. The molecule has 3 nitrogen and oxygen atoms in total. The first kappa shape index (κ1) is 15.4. The van der Waals surface area contributed by atoms with Crippen LogP contribution >= 0.6 is 0 Å². The van der Waals surface area contributed by atoms with Gasteiger partial charge < -0.3 is 9.47 Å². The first-order valence-electron chi connectivity index (χ1n) is 6.19. The van der Waals surface area contributed by atoms with Gasteiger partial charge >= 0.3 is 5.97 Å². The number of hydrogen-bond acceptors (Lipinski definition) is 3. The molecule has 0 N–H and O–H groups in total. The minimum absolute atomic E-state index is 0.148. The SMILES string of the molecule is CCCOCCC(=O)OCCCC(C)(C)C. The predicted molar refractivity (Wildman–Crippen MR) is 65.4 cm³/mol. The van der Waals surface area contributed by atoms with Crippen molar-refractivity contribution in [3.05, 3.63) is 0 Å². The standard InChI is InChI=1S/C13H26O3/c1-5-9-15-11-7-12(14)16-10-6-8-13(2,3)4/h5-11H2,1-4H3. The van der Waals surface area contributed by atoms with Crippen molar-refractivity contribution in [2.45, 2.75) is 53.4 Å². The normalized spacial score (nSPS) is 11.5. The molecular formula is C13H26O3. The Morgan fingerprint density at radius 2 is 1.81 bits per heavy atom. The van der Waals surface area contributed by atoms with Gasteiger partial charge in [-0.1, -0.05) is 27.7 Å². The van der Waals surface area contributed by atoms with Crippen molar-refractivity contribution < 1.29 is 14.3 Å². The summed E-state index contributed by atoms with van der Waals surface area (Å²) in [4.78, 5) is 11.2. The minimum Gasteiger partial charge on any atom is -0.466 e. The van der Waals surface area contributed by atoms with Crippen molar-refractivity contribution in [3.8, 4) is 0 Å². The second kappa shape index (κ2) is 8.57. The van der Waals surface area contributed by atoms with Crippen LogP contribution in [0.4, 0.5) is 0 Å². The van der Waals surface area contributed by atoms with Gasteiger partial charge in [0.25, 0.3) is 0 Å². The molecule has 0 rings (SSSR count). The van der Waals surface area contributed by atoms with Gasteiger partial charge in [-0.25, -0.2) is 0 Å². The molecular weight excluding hydrogens is 204 g/mol. The topological polar surface area (TPSA) is 35.5 Å². The van der Waals surface area contributed by atoms with Crippen LogP contribution in [0.25, 0.3) is 0 Å². The Bertz CT molecular complexity index is 182. The molecule has 0 saturated carbocycles. The zero-order valence-corrected chi connectivity index (χ0v) is 11.2. The molecule has 0 amide bonds. The molecule has 0 aromatic rings. The van der Waals surface area contributed by atoms with Crippen molar-refractivity contribution >= 4 is 5.97 Å². The third-order valence-corrected chi connectivity index (χ3v) is 2.13. The summed E-state index contributed by atoms with van der Waals surface area (Å²) in [5, 5.41) is 0. The fraction of sp³-hybridized carbons (Fsp3) is 0.923. The summed E-state index contributed by atoms with van der Waals surface area (Å²) < 4.78 is 10.3. The summed E-state index contributed by atoms with van der Waals surface area (Å²) in [6, 6.07) is 0. The molecule has 0 aliphatic heterocycles. The Morgan fingerprint density at radius 3 is 2.38 bits per heavy atom. The monoisotopic (exact) mass is 230 g/mol. The fourth-order valence-corrected chi connectivity index (χ4v) is 1.26. The lowest BCUT2D eigenvalue weighted by Gasteiger charge is -2.17. The Labute approximate surface area is 99.5 Å². The average molecular weight is 230 g/mol. The van der Waals surface area contributed by atoms with E-state index < -0.39 is 0 Å². The van der Waals surface area contributed by atoms with E-state index in [0.29, 0.717) is 25.0 Å². The van der Waals surface area contributed by atoms with Gasteiger partial charge in [0.1, 0.15) is 0 Å². The van der Waals surface area contributed by atoms with Gasteiger partial charge in [-0.05, 0) is 24.7 Å². The average Bonchev–Trinajstić information content (AvgIpc) is 2.18. The van der Waals surface area contributed by atoms with E-state index in [2.05, 4.69) is 20.8 Å². The van der Waals surface area contributed by atoms with Crippen molar-refractivity contribution in [1.29, 1.82) is 0 Å². The highest BCUT2D eigenvalue weighted by Crippen LogP contribution is 2.20. The van der Waals surface area contributed by atoms with Crippen LogP contribution in [0.1, 0.15) is 53.4 Å². The van der Waals surface area contributed by atoms with Crippen LogP contribution in [-0.2, 0) is 14.3 Å². The summed E-state index contributed by atoms with van der Waals surface area (Å²) in [7, 11) is 0. The molecule has 0 atom stereocenters. The van der Waals surface area contributed by atoms with E-state index in [1.165, 1.54) is 0 Å². The number of carbonyl (C=O) groups is 1. The summed E-state index contributed by atoms with van der Waals surface area (Å²) in [5.74, 6) is -0.148. The van der Waals surface area contributed by atoms with Crippen LogP contribution in [0.5, 0.6) is 0 Å². The molecule has 0 saturated heterocycles. The van der Waals surface area contributed by atoms with Gasteiger partial charge in [-0.15, -0.1) is 0 Å². The summed E-state index contributed by atoms with van der Waals surface area (Å²) in [6.07, 6.45) is 3.37. The molecule has 0 radical (unpaired) electrons. The largest absolute Gasteiger partial charge is 0.466 e. The summed E-state index contributed by atoms with van der Waals surface area (Å²) >= 11 is 0. The smallest absolute Gasteiger partial charge is 0.308 e. The Balaban J connectivity index is 3.31. The van der Waals surface area contributed by atoms with E-state index in [0.717, 1.165) is 25.9 Å². The molecule has 0 heterocycles. The Morgan fingerprint density at radius 1 is 1.12 bits per heavy atom. The first-order chi connectivity index (χ1) is 7.45. The molecule has 16 heavy (non-hydrogen) atoms. The number of ether oxygens (including phenoxy) is 2. The Kier molecular flexibility index (Phi) is 8.26. The zero-order valence-electron chi connectivity index (χ0n) is 11.2. The highest BCUT2D eigenvalue weighted by molar-refractivity contribution is 5.69. The highest BCUT2D eigenvalue weighted by atomic mass is 16.5. The van der Waals surface area contributed by atoms with Gasteiger partial charge in [-0.2, -0.15) is 0 Å². The van der Waals surface area contributed by atoms with Crippen LogP contribution in [0.2, 0.25) is 0 Å². The third-order valence-electron chi connectivity index (χ3n) is 2.13. The highest BCUT2D eigenvalue weighted by Gasteiger charge is 2.10. The van der Waals surface area contributed by atoms with E-state index in [1.807, 2.05) is 6.92 Å². The van der Waals surface area contributed by atoms with Crippen molar-refractivity contribution in [1.82, 2.24) is 0 Å². The Hall–Kier alpha value is -0.570.